The minimum absolute atomic E-state index is 0.331. The van der Waals surface area contributed by atoms with Crippen molar-refractivity contribution in [2.24, 2.45) is 10.9 Å². The van der Waals surface area contributed by atoms with Crippen LogP contribution >= 0.6 is 11.8 Å². The summed E-state index contributed by atoms with van der Waals surface area (Å²) in [6.07, 6.45) is 2.81. The fraction of sp³-hybridized carbons (Fsp3) is 0.875. The molecule has 0 amide bonds. The Bertz CT molecular complexity index is 172. The van der Waals surface area contributed by atoms with Gasteiger partial charge in [0.1, 0.15) is 5.84 Å². The highest BCUT2D eigenvalue weighted by Gasteiger charge is 2.17. The molecule has 13 heavy (non-hydrogen) atoms. The standard InChI is InChI=1S/C8H16N2O2S/c9-8(10-11)3-1-2-4-13-7-5-12-6-7/h7,11H,1-6H2,(H2,9,10). The van der Waals surface area contributed by atoms with Gasteiger partial charge in [0, 0.05) is 6.42 Å². The van der Waals surface area contributed by atoms with Gasteiger partial charge in [-0.05, 0) is 18.6 Å². The third-order valence-electron chi connectivity index (χ3n) is 1.92. The topological polar surface area (TPSA) is 67.8 Å². The number of hydrogen-bond donors (Lipinski definition) is 2. The van der Waals surface area contributed by atoms with Crippen molar-refractivity contribution in [1.82, 2.24) is 0 Å². The summed E-state index contributed by atoms with van der Waals surface area (Å²) in [5.41, 5.74) is 5.33. The van der Waals surface area contributed by atoms with Crippen molar-refractivity contribution in [3.05, 3.63) is 0 Å². The molecule has 0 bridgehead atoms. The molecule has 3 N–H and O–H groups in total. The highest BCUT2D eigenvalue weighted by molar-refractivity contribution is 8.00. The molecule has 1 fully saturated rings. The van der Waals surface area contributed by atoms with Crippen LogP contribution in [0.3, 0.4) is 0 Å². The molecular weight excluding hydrogens is 188 g/mol. The third-order valence-corrected chi connectivity index (χ3v) is 3.18. The third kappa shape index (κ3) is 4.38. The van der Waals surface area contributed by atoms with E-state index in [9.17, 15) is 0 Å². The van der Waals surface area contributed by atoms with Gasteiger partial charge in [0.05, 0.1) is 18.5 Å². The van der Waals surface area contributed by atoms with Crippen LogP contribution in [-0.4, -0.2) is 35.3 Å². The first-order chi connectivity index (χ1) is 6.33. The molecule has 0 aromatic heterocycles. The van der Waals surface area contributed by atoms with E-state index in [2.05, 4.69) is 5.16 Å². The maximum Gasteiger partial charge on any atom is 0.139 e. The van der Waals surface area contributed by atoms with Gasteiger partial charge in [-0.2, -0.15) is 11.8 Å². The van der Waals surface area contributed by atoms with Crippen molar-refractivity contribution in [3.8, 4) is 0 Å². The van der Waals surface area contributed by atoms with E-state index in [4.69, 9.17) is 15.7 Å². The molecule has 4 nitrogen and oxygen atoms in total. The maximum absolute atomic E-state index is 8.27. The van der Waals surface area contributed by atoms with Gasteiger partial charge in [0.2, 0.25) is 0 Å². The zero-order valence-corrected chi connectivity index (χ0v) is 8.42. The molecule has 1 aliphatic rings. The van der Waals surface area contributed by atoms with Crippen LogP contribution in [0.25, 0.3) is 0 Å². The molecule has 0 saturated carbocycles. The number of ether oxygens (including phenoxy) is 1. The fourth-order valence-corrected chi connectivity index (χ4v) is 2.11. The normalized spacial score (nSPS) is 18.6. The summed E-state index contributed by atoms with van der Waals surface area (Å²) in [6, 6.07) is 0. The molecule has 0 aromatic rings. The number of oxime groups is 1. The van der Waals surface area contributed by atoms with E-state index in [-0.39, 0.29) is 0 Å². The van der Waals surface area contributed by atoms with Crippen LogP contribution in [0, 0.1) is 0 Å². The maximum atomic E-state index is 8.27. The van der Waals surface area contributed by atoms with Crippen LogP contribution in [0.4, 0.5) is 0 Å². The predicted molar refractivity (Wildman–Crippen MR) is 54.3 cm³/mol. The van der Waals surface area contributed by atoms with Crippen LogP contribution in [0.1, 0.15) is 19.3 Å². The molecule has 0 atom stereocenters. The number of hydrogen-bond acceptors (Lipinski definition) is 4. The van der Waals surface area contributed by atoms with Crippen molar-refractivity contribution in [1.29, 1.82) is 0 Å². The summed E-state index contributed by atoms with van der Waals surface area (Å²) in [5, 5.41) is 11.9. The van der Waals surface area contributed by atoms with Crippen LogP contribution in [0.2, 0.25) is 0 Å². The SMILES string of the molecule is NC(CCCCSC1COC1)=NO. The lowest BCUT2D eigenvalue weighted by Crippen LogP contribution is -2.30. The minimum Gasteiger partial charge on any atom is -0.409 e. The van der Waals surface area contributed by atoms with Gasteiger partial charge >= 0.3 is 0 Å². The Labute approximate surface area is 82.5 Å². The van der Waals surface area contributed by atoms with E-state index in [0.717, 1.165) is 31.8 Å². The number of nitrogens with zero attached hydrogens (tertiary/aromatic N) is 1. The van der Waals surface area contributed by atoms with Crippen LogP contribution < -0.4 is 5.73 Å². The summed E-state index contributed by atoms with van der Waals surface area (Å²) in [4.78, 5) is 0. The van der Waals surface area contributed by atoms with Crippen molar-refractivity contribution in [3.63, 3.8) is 0 Å². The van der Waals surface area contributed by atoms with Gasteiger partial charge in [-0.3, -0.25) is 0 Å². The molecule has 0 unspecified atom stereocenters. The molecule has 1 aliphatic heterocycles. The fourth-order valence-electron chi connectivity index (χ4n) is 1.02. The van der Waals surface area contributed by atoms with E-state index in [1.807, 2.05) is 11.8 Å². The largest absolute Gasteiger partial charge is 0.409 e. The first kappa shape index (κ1) is 10.7. The van der Waals surface area contributed by atoms with Crippen LogP contribution in [-0.2, 0) is 4.74 Å². The Morgan fingerprint density at radius 1 is 1.54 bits per heavy atom. The second-order valence-corrected chi connectivity index (χ2v) is 4.49. The molecule has 1 heterocycles. The van der Waals surface area contributed by atoms with Crippen LogP contribution in [0.15, 0.2) is 5.16 Å². The lowest BCUT2D eigenvalue weighted by atomic mass is 10.2. The average Bonchev–Trinajstić information content (AvgIpc) is 2.07. The van der Waals surface area contributed by atoms with Gasteiger partial charge in [-0.25, -0.2) is 0 Å². The second kappa shape index (κ2) is 6.10. The van der Waals surface area contributed by atoms with E-state index in [0.29, 0.717) is 17.5 Å². The summed E-state index contributed by atoms with van der Waals surface area (Å²) >= 11 is 1.95. The first-order valence-corrected chi connectivity index (χ1v) is 5.53. The Balaban J connectivity index is 1.83. The summed E-state index contributed by atoms with van der Waals surface area (Å²) in [7, 11) is 0. The van der Waals surface area contributed by atoms with Gasteiger partial charge in [-0.15, -0.1) is 0 Å². The number of rotatable bonds is 6. The van der Waals surface area contributed by atoms with Crippen LogP contribution in [0.5, 0.6) is 0 Å². The molecule has 0 aromatic carbocycles. The minimum atomic E-state index is 0.331. The lowest BCUT2D eigenvalue weighted by Gasteiger charge is -2.25. The van der Waals surface area contributed by atoms with Gasteiger partial charge in [0.15, 0.2) is 0 Å². The van der Waals surface area contributed by atoms with Crippen molar-refractivity contribution >= 4 is 17.6 Å². The molecule has 0 aliphatic carbocycles. The molecule has 0 radical (unpaired) electrons. The van der Waals surface area contributed by atoms with E-state index in [1.54, 1.807) is 0 Å². The average molecular weight is 204 g/mol. The van der Waals surface area contributed by atoms with Gasteiger partial charge < -0.3 is 15.7 Å². The monoisotopic (exact) mass is 204 g/mol. The lowest BCUT2D eigenvalue weighted by molar-refractivity contribution is 0.0455. The molecule has 1 rings (SSSR count). The van der Waals surface area contributed by atoms with E-state index in [1.165, 1.54) is 0 Å². The summed E-state index contributed by atoms with van der Waals surface area (Å²) in [5.74, 6) is 1.48. The predicted octanol–water partition coefficient (Wildman–Crippen LogP) is 1.04. The zero-order chi connectivity index (χ0) is 9.52. The second-order valence-electron chi connectivity index (χ2n) is 3.08. The number of thioether (sulfide) groups is 1. The highest BCUT2D eigenvalue weighted by atomic mass is 32.2. The Morgan fingerprint density at radius 3 is 2.85 bits per heavy atom. The highest BCUT2D eigenvalue weighted by Crippen LogP contribution is 2.20. The summed E-state index contributed by atoms with van der Waals surface area (Å²) in [6.45, 7) is 1.82. The van der Waals surface area contributed by atoms with E-state index < -0.39 is 0 Å². The van der Waals surface area contributed by atoms with Crippen molar-refractivity contribution in [2.45, 2.75) is 24.5 Å². The quantitative estimate of drug-likeness (QED) is 0.223. The molecule has 0 spiro atoms. The molecular formula is C8H16N2O2S. The Morgan fingerprint density at radius 2 is 2.31 bits per heavy atom. The summed E-state index contributed by atoms with van der Waals surface area (Å²) < 4.78 is 5.05. The Kier molecular flexibility index (Phi) is 5.00. The number of amidine groups is 1. The van der Waals surface area contributed by atoms with E-state index >= 15 is 0 Å². The Hall–Kier alpha value is -0.420. The zero-order valence-electron chi connectivity index (χ0n) is 7.61. The van der Waals surface area contributed by atoms with Gasteiger partial charge in [-0.1, -0.05) is 5.16 Å². The smallest absolute Gasteiger partial charge is 0.139 e. The molecule has 76 valence electrons. The first-order valence-electron chi connectivity index (χ1n) is 4.48. The van der Waals surface area contributed by atoms with Gasteiger partial charge in [0.25, 0.3) is 0 Å². The number of nitrogens with two attached hydrogens (primary N) is 1. The van der Waals surface area contributed by atoms with Crippen molar-refractivity contribution in [2.75, 3.05) is 19.0 Å². The molecule has 5 heteroatoms. The van der Waals surface area contributed by atoms with Crippen molar-refractivity contribution < 1.29 is 9.94 Å². The number of unbranched alkanes of at least 4 members (excludes halogenated alkanes) is 1. The molecule has 1 saturated heterocycles.